The fourth-order valence-corrected chi connectivity index (χ4v) is 7.51. The van der Waals surface area contributed by atoms with Gasteiger partial charge in [-0.05, 0) is 59.3 Å². The van der Waals surface area contributed by atoms with E-state index in [4.69, 9.17) is 4.98 Å². The first kappa shape index (κ1) is 23.3. The predicted octanol–water partition coefficient (Wildman–Crippen LogP) is 9.82. The van der Waals surface area contributed by atoms with E-state index in [9.17, 15) is 0 Å². The molecule has 42 heavy (non-hydrogen) atoms. The summed E-state index contributed by atoms with van der Waals surface area (Å²) in [6.45, 7) is 0. The summed E-state index contributed by atoms with van der Waals surface area (Å²) in [5, 5.41) is 7.63. The Kier molecular flexibility index (Phi) is 5.03. The van der Waals surface area contributed by atoms with E-state index in [0.29, 0.717) is 0 Å². The third kappa shape index (κ3) is 3.44. The van der Waals surface area contributed by atoms with Crippen molar-refractivity contribution in [2.24, 2.45) is 0 Å². The normalized spacial score (nSPS) is 11.8. The van der Waals surface area contributed by atoms with E-state index in [1.807, 2.05) is 60.1 Å². The smallest absolute Gasteiger partial charge is 0.0915 e. The molecule has 4 nitrogen and oxygen atoms in total. The molecule has 0 amide bonds. The summed E-state index contributed by atoms with van der Waals surface area (Å²) in [5.41, 5.74) is 6.69. The highest BCUT2D eigenvalue weighted by Crippen LogP contribution is 2.45. The van der Waals surface area contributed by atoms with Crippen LogP contribution in [0.2, 0.25) is 0 Å². The van der Waals surface area contributed by atoms with Crippen molar-refractivity contribution >= 4 is 64.1 Å². The Morgan fingerprint density at radius 2 is 1.19 bits per heavy atom. The van der Waals surface area contributed by atoms with Crippen molar-refractivity contribution in [3.05, 3.63) is 134 Å². The minimum Gasteiger partial charge on any atom is -0.308 e. The van der Waals surface area contributed by atoms with Crippen LogP contribution in [0.3, 0.4) is 0 Å². The third-order valence-corrected chi connectivity index (χ3v) is 9.26. The summed E-state index contributed by atoms with van der Waals surface area (Å²) in [4.78, 5) is 14.3. The maximum atomic E-state index is 5.04. The average molecular weight is 555 g/mol. The van der Waals surface area contributed by atoms with Crippen molar-refractivity contribution in [1.29, 1.82) is 0 Å². The van der Waals surface area contributed by atoms with Crippen molar-refractivity contribution in [3.63, 3.8) is 0 Å². The van der Waals surface area contributed by atoms with E-state index in [1.54, 1.807) is 0 Å². The Bertz CT molecular complexity index is 2400. The molecule has 0 aliphatic carbocycles. The first-order valence-corrected chi connectivity index (χ1v) is 14.8. The molecule has 0 radical (unpaired) electrons. The lowest BCUT2D eigenvalue weighted by Gasteiger charge is -2.13. The maximum absolute atomic E-state index is 5.04. The minimum atomic E-state index is 0.814. The number of hydrogen-bond acceptors (Lipinski definition) is 4. The molecular weight excluding hydrogens is 533 g/mol. The van der Waals surface area contributed by atoms with Gasteiger partial charge in [0.2, 0.25) is 0 Å². The molecule has 5 aromatic heterocycles. The molecule has 5 heterocycles. The largest absolute Gasteiger partial charge is 0.308 e. The first-order chi connectivity index (χ1) is 20.8. The van der Waals surface area contributed by atoms with Crippen molar-refractivity contribution in [2.75, 3.05) is 0 Å². The summed E-state index contributed by atoms with van der Waals surface area (Å²) in [6, 6.07) is 42.7. The zero-order valence-corrected chi connectivity index (χ0v) is 23.2. The molecule has 0 saturated carbocycles. The van der Waals surface area contributed by atoms with Crippen molar-refractivity contribution < 1.29 is 0 Å². The Morgan fingerprint density at radius 1 is 0.524 bits per heavy atom. The number of aromatic nitrogens is 4. The highest BCUT2D eigenvalue weighted by Gasteiger charge is 2.20. The van der Waals surface area contributed by atoms with Crippen LogP contribution in [0.15, 0.2) is 134 Å². The maximum Gasteiger partial charge on any atom is 0.0915 e. The van der Waals surface area contributed by atoms with Crippen LogP contribution in [0, 0.1) is 0 Å². The van der Waals surface area contributed by atoms with Gasteiger partial charge in [-0.2, -0.15) is 0 Å². The zero-order valence-electron chi connectivity index (χ0n) is 22.4. The molecular formula is C37H22N4S. The molecule has 5 heteroatoms. The standard InChI is InChI=1S/C37H22N4S/c1-2-10-25-23(9-1)15-18-34-35(25)28-17-16-27-26-11-3-4-14-33(26)41(36(27)37(28)42-34)24-21-31(29-12-5-7-19-38-29)40-32(22-24)30-13-6-8-20-39-30/h1-22H. The number of nitrogens with zero attached hydrogens (tertiary/aromatic N) is 4. The topological polar surface area (TPSA) is 43.6 Å². The molecule has 0 atom stereocenters. The van der Waals surface area contributed by atoms with E-state index in [-0.39, 0.29) is 0 Å². The average Bonchev–Trinajstić information content (AvgIpc) is 3.62. The quantitative estimate of drug-likeness (QED) is 0.218. The second kappa shape index (κ2) is 9.06. The van der Waals surface area contributed by atoms with Crippen molar-refractivity contribution in [3.8, 4) is 28.5 Å². The van der Waals surface area contributed by atoms with Crippen LogP contribution >= 0.6 is 11.3 Å². The van der Waals surface area contributed by atoms with E-state index in [0.717, 1.165) is 34.0 Å². The van der Waals surface area contributed by atoms with Gasteiger partial charge in [-0.15, -0.1) is 11.3 Å². The predicted molar refractivity (Wildman–Crippen MR) is 175 cm³/mol. The Hall–Kier alpha value is -5.39. The van der Waals surface area contributed by atoms with Crippen LogP contribution in [-0.2, 0) is 0 Å². The summed E-state index contributed by atoms with van der Waals surface area (Å²) < 4.78 is 4.99. The number of pyridine rings is 3. The summed E-state index contributed by atoms with van der Waals surface area (Å²) in [7, 11) is 0. The molecule has 0 aliphatic rings. The van der Waals surface area contributed by atoms with E-state index in [2.05, 4.69) is 99.5 Å². The first-order valence-electron chi connectivity index (χ1n) is 13.9. The van der Waals surface area contributed by atoms with Crippen molar-refractivity contribution in [1.82, 2.24) is 19.5 Å². The molecule has 9 rings (SSSR count). The van der Waals surface area contributed by atoms with Crippen LogP contribution in [0.5, 0.6) is 0 Å². The van der Waals surface area contributed by atoms with E-state index in [1.165, 1.54) is 47.2 Å². The van der Waals surface area contributed by atoms with E-state index < -0.39 is 0 Å². The number of para-hydroxylation sites is 1. The highest BCUT2D eigenvalue weighted by molar-refractivity contribution is 7.26. The van der Waals surface area contributed by atoms with Gasteiger partial charge in [-0.3, -0.25) is 9.97 Å². The number of benzene rings is 4. The zero-order chi connectivity index (χ0) is 27.6. The summed E-state index contributed by atoms with van der Waals surface area (Å²) in [5.74, 6) is 0. The van der Waals surface area contributed by atoms with Crippen LogP contribution in [0.25, 0.3) is 81.2 Å². The van der Waals surface area contributed by atoms with Crippen LogP contribution in [-0.4, -0.2) is 19.5 Å². The second-order valence-electron chi connectivity index (χ2n) is 10.5. The fraction of sp³-hybridized carbons (Fsp3) is 0. The van der Waals surface area contributed by atoms with E-state index >= 15 is 0 Å². The molecule has 0 saturated heterocycles. The Morgan fingerprint density at radius 3 is 1.93 bits per heavy atom. The molecule has 9 aromatic rings. The lowest BCUT2D eigenvalue weighted by molar-refractivity contribution is 1.15. The fourth-order valence-electron chi connectivity index (χ4n) is 6.26. The molecule has 0 spiro atoms. The Balaban J connectivity index is 1.44. The molecule has 0 unspecified atom stereocenters. The number of hydrogen-bond donors (Lipinski definition) is 0. The minimum absolute atomic E-state index is 0.814. The monoisotopic (exact) mass is 554 g/mol. The number of rotatable bonds is 3. The van der Waals surface area contributed by atoms with Crippen LogP contribution in [0.1, 0.15) is 0 Å². The summed E-state index contributed by atoms with van der Waals surface area (Å²) in [6.07, 6.45) is 3.63. The molecule has 0 N–H and O–H groups in total. The lowest BCUT2D eigenvalue weighted by Crippen LogP contribution is -1.99. The third-order valence-electron chi connectivity index (χ3n) is 8.09. The number of thiophene rings is 1. The Labute approximate surface area is 245 Å². The SMILES string of the molecule is c1ccc(-c2cc(-n3c4ccccc4c4ccc5c(sc6ccc7ccccc7c65)c43)cc(-c3ccccn3)n2)nc1. The molecule has 0 bridgehead atoms. The van der Waals surface area contributed by atoms with Gasteiger partial charge in [-0.25, -0.2) is 4.98 Å². The molecule has 196 valence electrons. The van der Waals surface area contributed by atoms with Gasteiger partial charge >= 0.3 is 0 Å². The van der Waals surface area contributed by atoms with Crippen LogP contribution in [0.4, 0.5) is 0 Å². The van der Waals surface area contributed by atoms with Gasteiger partial charge in [-0.1, -0.05) is 72.8 Å². The molecule has 0 fully saturated rings. The second-order valence-corrected chi connectivity index (χ2v) is 11.5. The van der Waals surface area contributed by atoms with Crippen LogP contribution < -0.4 is 0 Å². The molecule has 0 aliphatic heterocycles. The highest BCUT2D eigenvalue weighted by atomic mass is 32.1. The molecule has 4 aromatic carbocycles. The number of fused-ring (bicyclic) bond motifs is 9. The van der Waals surface area contributed by atoms with Gasteiger partial charge in [0.05, 0.1) is 44.2 Å². The van der Waals surface area contributed by atoms with Gasteiger partial charge < -0.3 is 4.57 Å². The van der Waals surface area contributed by atoms with Gasteiger partial charge in [0.1, 0.15) is 0 Å². The van der Waals surface area contributed by atoms with Gasteiger partial charge in [0.15, 0.2) is 0 Å². The van der Waals surface area contributed by atoms with Crippen molar-refractivity contribution in [2.45, 2.75) is 0 Å². The van der Waals surface area contributed by atoms with Gasteiger partial charge in [0, 0.05) is 38.6 Å². The lowest BCUT2D eigenvalue weighted by atomic mass is 10.0. The summed E-state index contributed by atoms with van der Waals surface area (Å²) >= 11 is 1.87. The van der Waals surface area contributed by atoms with Gasteiger partial charge in [0.25, 0.3) is 0 Å².